The van der Waals surface area contributed by atoms with E-state index in [0.29, 0.717) is 54.8 Å². The molecule has 1 N–H and O–H groups in total. The van der Waals surface area contributed by atoms with E-state index < -0.39 is 16.0 Å². The summed E-state index contributed by atoms with van der Waals surface area (Å²) >= 11 is 0. The molecule has 0 aromatic heterocycles. The fourth-order valence-corrected chi connectivity index (χ4v) is 16.1. The van der Waals surface area contributed by atoms with Crippen molar-refractivity contribution in [1.29, 1.82) is 0 Å². The molecule has 1 heterocycles. The molecular formula is C45H69N3O4S. The van der Waals surface area contributed by atoms with Gasteiger partial charge in [0.1, 0.15) is 0 Å². The van der Waals surface area contributed by atoms with Crippen LogP contribution in [-0.2, 0) is 10.0 Å². The number of nitrogens with zero attached hydrogens (tertiary/aromatic N) is 3. The number of aromatic carboxylic acids is 1. The van der Waals surface area contributed by atoms with Gasteiger partial charge in [0.15, 0.2) is 0 Å². The van der Waals surface area contributed by atoms with Crippen LogP contribution in [0.1, 0.15) is 115 Å². The van der Waals surface area contributed by atoms with E-state index in [-0.39, 0.29) is 32.8 Å². The van der Waals surface area contributed by atoms with Gasteiger partial charge in [0.25, 0.3) is 0 Å². The van der Waals surface area contributed by atoms with E-state index in [1.807, 2.05) is 12.1 Å². The lowest BCUT2D eigenvalue weighted by Crippen LogP contribution is -2.66. The van der Waals surface area contributed by atoms with Crippen molar-refractivity contribution in [2.24, 2.45) is 56.7 Å². The van der Waals surface area contributed by atoms with Crippen LogP contribution in [0.3, 0.4) is 0 Å². The van der Waals surface area contributed by atoms with Crippen LogP contribution >= 0.6 is 0 Å². The highest BCUT2D eigenvalue weighted by Crippen LogP contribution is 2.77. The Labute approximate surface area is 321 Å². The lowest BCUT2D eigenvalue weighted by Gasteiger charge is -2.72. The van der Waals surface area contributed by atoms with Crippen molar-refractivity contribution >= 4 is 21.6 Å². The number of sulfonamides is 1. The van der Waals surface area contributed by atoms with E-state index >= 15 is 0 Å². The van der Waals surface area contributed by atoms with E-state index in [4.69, 9.17) is 0 Å². The molecule has 0 spiro atoms. The van der Waals surface area contributed by atoms with Crippen molar-refractivity contribution < 1.29 is 18.3 Å². The zero-order valence-corrected chi connectivity index (χ0v) is 35.0. The van der Waals surface area contributed by atoms with E-state index in [2.05, 4.69) is 78.1 Å². The Hall–Kier alpha value is -2.00. The fourth-order valence-electron chi connectivity index (χ4n) is 14.5. The van der Waals surface area contributed by atoms with Gasteiger partial charge in [-0.25, -0.2) is 13.2 Å². The molecular weight excluding hydrogens is 679 g/mol. The maximum atomic E-state index is 13.4. The Balaban J connectivity index is 1.13. The molecule has 1 aromatic carbocycles. The molecule has 7 nitrogen and oxygen atoms in total. The average molecular weight is 748 g/mol. The molecule has 0 radical (unpaired) electrons. The van der Waals surface area contributed by atoms with Gasteiger partial charge in [-0.1, -0.05) is 65.0 Å². The minimum absolute atomic E-state index is 0.00252. The van der Waals surface area contributed by atoms with Crippen LogP contribution in [-0.4, -0.2) is 92.7 Å². The summed E-state index contributed by atoms with van der Waals surface area (Å²) in [5.41, 5.74) is 5.18. The number of rotatable bonds is 9. The summed E-state index contributed by atoms with van der Waals surface area (Å²) in [4.78, 5) is 16.2. The number of hydrogen-bond donors (Lipinski definition) is 1. The number of fused-ring (bicyclic) bond motifs is 7. The van der Waals surface area contributed by atoms with Crippen LogP contribution in [0.2, 0.25) is 0 Å². The van der Waals surface area contributed by atoms with E-state index in [9.17, 15) is 18.3 Å². The van der Waals surface area contributed by atoms with Gasteiger partial charge in [-0.3, -0.25) is 0 Å². The second-order valence-corrected chi connectivity index (χ2v) is 22.3. The molecule has 9 atom stereocenters. The Morgan fingerprint density at radius 2 is 1.58 bits per heavy atom. The third-order valence-corrected chi connectivity index (χ3v) is 19.3. The Kier molecular flexibility index (Phi) is 10.1. The van der Waals surface area contributed by atoms with E-state index in [1.165, 1.54) is 68.1 Å². The summed E-state index contributed by atoms with van der Waals surface area (Å²) in [6.07, 6.45) is 13.6. The van der Waals surface area contributed by atoms with Gasteiger partial charge in [0.2, 0.25) is 10.0 Å². The van der Waals surface area contributed by atoms with Gasteiger partial charge in [-0.2, -0.15) is 4.31 Å². The van der Waals surface area contributed by atoms with Crippen molar-refractivity contribution in [3.05, 3.63) is 53.6 Å². The lowest BCUT2D eigenvalue weighted by molar-refractivity contribution is -0.226. The summed E-state index contributed by atoms with van der Waals surface area (Å²) in [5, 5.41) is 9.51. The molecule has 5 aliphatic carbocycles. The van der Waals surface area contributed by atoms with Crippen LogP contribution in [0, 0.1) is 56.7 Å². The number of carboxylic acids is 1. The van der Waals surface area contributed by atoms with Crippen molar-refractivity contribution in [3.63, 3.8) is 0 Å². The highest BCUT2D eigenvalue weighted by Gasteiger charge is 2.70. The predicted molar refractivity (Wildman–Crippen MR) is 216 cm³/mol. The third-order valence-electron chi connectivity index (χ3n) is 17.4. The smallest absolute Gasteiger partial charge is 0.335 e. The Bertz CT molecular complexity index is 1730. The minimum Gasteiger partial charge on any atom is -0.478 e. The van der Waals surface area contributed by atoms with Gasteiger partial charge in [-0.05, 0) is 159 Å². The molecule has 0 bridgehead atoms. The monoisotopic (exact) mass is 748 g/mol. The van der Waals surface area contributed by atoms with Crippen molar-refractivity contribution in [1.82, 2.24) is 14.1 Å². The molecule has 0 unspecified atom stereocenters. The highest BCUT2D eigenvalue weighted by molar-refractivity contribution is 7.89. The second kappa shape index (κ2) is 13.6. The largest absolute Gasteiger partial charge is 0.478 e. The molecule has 294 valence electrons. The predicted octanol–water partition coefficient (Wildman–Crippen LogP) is 8.54. The first-order valence-electron chi connectivity index (χ1n) is 20.8. The molecule has 6 aliphatic rings. The summed E-state index contributed by atoms with van der Waals surface area (Å²) < 4.78 is 28.5. The van der Waals surface area contributed by atoms with Gasteiger partial charge in [0.05, 0.1) is 11.3 Å². The van der Waals surface area contributed by atoms with Crippen LogP contribution in [0.25, 0.3) is 5.57 Å². The number of carbonyl (C=O) groups is 1. The SMILES string of the molecule is C=C(C)[C@@H]1CC[C@]2(CN(C)CCS(=O)(=O)N3CCN(C)CC3)CC[C@]3(C)[C@H](CC[C@@H]4[C@@]5(C)CC=C(c6ccc(C(=O)O)cc6)C(C)(C)[C@@H]5CC[C@]43C)[C@@H]12. The topological polar surface area (TPSA) is 81.2 Å². The quantitative estimate of drug-likeness (QED) is 0.255. The first-order valence-corrected chi connectivity index (χ1v) is 22.4. The molecule has 7 rings (SSSR count). The van der Waals surface area contributed by atoms with Crippen molar-refractivity contribution in [2.75, 3.05) is 59.1 Å². The summed E-state index contributed by atoms with van der Waals surface area (Å²) in [5.74, 6) is 2.35. The first kappa shape index (κ1) is 39.2. The Morgan fingerprint density at radius 1 is 0.906 bits per heavy atom. The average Bonchev–Trinajstić information content (AvgIpc) is 3.47. The molecule has 5 fully saturated rings. The maximum Gasteiger partial charge on any atom is 0.335 e. The van der Waals surface area contributed by atoms with Crippen LogP contribution in [0.4, 0.5) is 0 Å². The standard InChI is InChI=1S/C45H69N3O4S/c1-31(2)34-16-21-45(30-47(9)28-29-53(51,52)48-26-24-46(8)25-27-48)23-22-43(6)36(39(34)45)14-15-38-42(5)19-17-35(32-10-12-33(13-11-32)40(49)50)41(3,4)37(42)18-20-44(38,43)7/h10-13,17,34,36-39H,1,14-16,18-30H2,2-9H3,(H,49,50)/t34-,36+,37-,38+,39+,42-,43+,44+,45+/m0/s1. The molecule has 8 heteroatoms. The summed E-state index contributed by atoms with van der Waals surface area (Å²) in [7, 11) is 0.984. The van der Waals surface area contributed by atoms with Crippen LogP contribution < -0.4 is 0 Å². The Morgan fingerprint density at radius 3 is 2.23 bits per heavy atom. The number of benzene rings is 1. The second-order valence-electron chi connectivity index (χ2n) is 20.2. The number of likely N-dealkylation sites (N-methyl/N-ethyl adjacent to an activating group) is 1. The molecule has 1 aliphatic heterocycles. The van der Waals surface area contributed by atoms with Gasteiger partial charge in [-0.15, -0.1) is 0 Å². The van der Waals surface area contributed by atoms with Gasteiger partial charge >= 0.3 is 5.97 Å². The number of allylic oxidation sites excluding steroid dienone is 3. The first-order chi connectivity index (χ1) is 24.8. The maximum absolute atomic E-state index is 13.4. The number of piperazine rings is 1. The molecule has 1 saturated heterocycles. The molecule has 4 saturated carbocycles. The summed E-state index contributed by atoms with van der Waals surface area (Å²) in [6, 6.07) is 7.58. The molecule has 0 amide bonds. The van der Waals surface area contributed by atoms with Crippen LogP contribution in [0.5, 0.6) is 0 Å². The van der Waals surface area contributed by atoms with Crippen molar-refractivity contribution in [2.45, 2.75) is 99.3 Å². The summed E-state index contributed by atoms with van der Waals surface area (Å²) in [6.45, 7) is 24.3. The van der Waals surface area contributed by atoms with Gasteiger partial charge in [0, 0.05) is 39.3 Å². The number of carboxylic acid groups (broad SMARTS) is 1. The molecule has 1 aromatic rings. The minimum atomic E-state index is -3.26. The fraction of sp³-hybridized carbons (Fsp3) is 0.756. The van der Waals surface area contributed by atoms with E-state index in [1.54, 1.807) is 16.4 Å². The zero-order chi connectivity index (χ0) is 38.4. The third kappa shape index (κ3) is 6.23. The zero-order valence-electron chi connectivity index (χ0n) is 34.2. The van der Waals surface area contributed by atoms with Crippen LogP contribution in [0.15, 0.2) is 42.5 Å². The van der Waals surface area contributed by atoms with E-state index in [0.717, 1.165) is 26.1 Å². The van der Waals surface area contributed by atoms with Crippen molar-refractivity contribution in [3.8, 4) is 0 Å². The highest BCUT2D eigenvalue weighted by atomic mass is 32.2. The van der Waals surface area contributed by atoms with Gasteiger partial charge < -0.3 is 14.9 Å². The normalized spacial score (nSPS) is 40.1. The molecule has 53 heavy (non-hydrogen) atoms. The lowest BCUT2D eigenvalue weighted by atomic mass is 9.32. The number of hydrogen-bond acceptors (Lipinski definition) is 5.